The normalized spacial score (nSPS) is 10.1. The molecule has 0 spiro atoms. The van der Waals surface area contributed by atoms with Crippen LogP contribution in [-0.2, 0) is 6.42 Å². The topological polar surface area (TPSA) is 35.0 Å². The van der Waals surface area contributed by atoms with Crippen LogP contribution in [0.4, 0.5) is 0 Å². The van der Waals surface area contributed by atoms with Crippen molar-refractivity contribution in [3.05, 3.63) is 52.9 Å². The molecule has 0 radical (unpaired) electrons. The highest BCUT2D eigenvalue weighted by atomic mass is 79.9. The Morgan fingerprint density at radius 2 is 2.06 bits per heavy atom. The molecule has 2 heterocycles. The zero-order valence-corrected chi connectivity index (χ0v) is 10.2. The smallest absolute Gasteiger partial charge is 0.214 e. The van der Waals surface area contributed by atoms with Crippen LogP contribution < -0.4 is 4.74 Å². The monoisotopic (exact) mass is 278 g/mol. The molecule has 0 fully saturated rings. The Morgan fingerprint density at radius 1 is 1.12 bits per heavy atom. The summed E-state index contributed by atoms with van der Waals surface area (Å²) in [6, 6.07) is 11.5. The highest BCUT2D eigenvalue weighted by Crippen LogP contribution is 2.12. The van der Waals surface area contributed by atoms with Crippen LogP contribution in [0.3, 0.4) is 0 Å². The fourth-order valence-corrected chi connectivity index (χ4v) is 1.60. The van der Waals surface area contributed by atoms with Gasteiger partial charge in [-0.3, -0.25) is 4.98 Å². The Balaban J connectivity index is 1.85. The maximum Gasteiger partial charge on any atom is 0.214 e. The molecule has 0 saturated carbocycles. The van der Waals surface area contributed by atoms with Crippen molar-refractivity contribution in [2.24, 2.45) is 0 Å². The van der Waals surface area contributed by atoms with Gasteiger partial charge in [0.25, 0.3) is 0 Å². The fourth-order valence-electron chi connectivity index (χ4n) is 1.28. The van der Waals surface area contributed by atoms with Crippen molar-refractivity contribution in [3.63, 3.8) is 0 Å². The van der Waals surface area contributed by atoms with E-state index in [1.807, 2.05) is 36.4 Å². The van der Waals surface area contributed by atoms with E-state index in [1.54, 1.807) is 6.20 Å². The standard InChI is InChI=1S/C12H11BrN2O/c13-11-5-3-6-12(15-11)16-9-7-10-4-1-2-8-14-10/h1-6,8H,7,9H2. The number of ether oxygens (including phenoxy) is 1. The Bertz CT molecular complexity index is 448. The molecule has 0 bridgehead atoms. The zero-order valence-electron chi connectivity index (χ0n) is 8.64. The summed E-state index contributed by atoms with van der Waals surface area (Å²) in [6.45, 7) is 0.584. The first-order chi connectivity index (χ1) is 7.84. The highest BCUT2D eigenvalue weighted by Gasteiger charge is 1.97. The van der Waals surface area contributed by atoms with E-state index in [0.717, 1.165) is 16.7 Å². The van der Waals surface area contributed by atoms with Gasteiger partial charge >= 0.3 is 0 Å². The lowest BCUT2D eigenvalue weighted by Crippen LogP contribution is -2.03. The van der Waals surface area contributed by atoms with Crippen LogP contribution >= 0.6 is 15.9 Å². The predicted molar refractivity (Wildman–Crippen MR) is 65.4 cm³/mol. The Hall–Kier alpha value is -1.42. The van der Waals surface area contributed by atoms with Gasteiger partial charge in [-0.2, -0.15) is 0 Å². The van der Waals surface area contributed by atoms with Crippen LogP contribution in [0.25, 0.3) is 0 Å². The van der Waals surface area contributed by atoms with Gasteiger partial charge in [0.05, 0.1) is 6.61 Å². The van der Waals surface area contributed by atoms with E-state index in [0.29, 0.717) is 12.5 Å². The minimum Gasteiger partial charge on any atom is -0.477 e. The van der Waals surface area contributed by atoms with E-state index < -0.39 is 0 Å². The molecule has 3 nitrogen and oxygen atoms in total. The zero-order chi connectivity index (χ0) is 11.2. The van der Waals surface area contributed by atoms with Gasteiger partial charge in [0.15, 0.2) is 0 Å². The number of pyridine rings is 2. The first-order valence-electron chi connectivity index (χ1n) is 5.00. The molecule has 0 aliphatic rings. The molecule has 0 N–H and O–H groups in total. The molecule has 2 aromatic rings. The molecule has 0 atom stereocenters. The second kappa shape index (κ2) is 5.61. The molecular formula is C12H11BrN2O. The number of hydrogen-bond donors (Lipinski definition) is 0. The molecule has 2 aromatic heterocycles. The quantitative estimate of drug-likeness (QED) is 0.807. The average molecular weight is 279 g/mol. The maximum atomic E-state index is 5.51. The number of aromatic nitrogens is 2. The Labute approximate surface area is 103 Å². The maximum absolute atomic E-state index is 5.51. The van der Waals surface area contributed by atoms with E-state index in [1.165, 1.54) is 0 Å². The van der Waals surface area contributed by atoms with Gasteiger partial charge in [-0.25, -0.2) is 4.98 Å². The minimum atomic E-state index is 0.584. The van der Waals surface area contributed by atoms with E-state index >= 15 is 0 Å². The third kappa shape index (κ3) is 3.31. The van der Waals surface area contributed by atoms with Crippen molar-refractivity contribution in [1.29, 1.82) is 0 Å². The molecule has 0 aliphatic carbocycles. The van der Waals surface area contributed by atoms with Gasteiger partial charge in [-0.1, -0.05) is 12.1 Å². The van der Waals surface area contributed by atoms with Crippen LogP contribution in [0.5, 0.6) is 5.88 Å². The van der Waals surface area contributed by atoms with Gasteiger partial charge in [-0.05, 0) is 34.1 Å². The summed E-state index contributed by atoms with van der Waals surface area (Å²) < 4.78 is 6.29. The molecule has 16 heavy (non-hydrogen) atoms. The van der Waals surface area contributed by atoms with Gasteiger partial charge in [-0.15, -0.1) is 0 Å². The molecule has 0 aromatic carbocycles. The van der Waals surface area contributed by atoms with Crippen molar-refractivity contribution in [2.45, 2.75) is 6.42 Å². The summed E-state index contributed by atoms with van der Waals surface area (Å²) in [5.74, 6) is 0.630. The molecule has 0 amide bonds. The molecule has 2 rings (SSSR count). The lowest BCUT2D eigenvalue weighted by molar-refractivity contribution is 0.307. The first-order valence-corrected chi connectivity index (χ1v) is 5.79. The fraction of sp³-hybridized carbons (Fsp3) is 0.167. The Morgan fingerprint density at radius 3 is 2.81 bits per heavy atom. The third-order valence-corrected chi connectivity index (χ3v) is 2.47. The third-order valence-electron chi connectivity index (χ3n) is 2.02. The second-order valence-electron chi connectivity index (χ2n) is 3.22. The van der Waals surface area contributed by atoms with E-state index in [9.17, 15) is 0 Å². The van der Waals surface area contributed by atoms with Crippen molar-refractivity contribution in [1.82, 2.24) is 9.97 Å². The van der Waals surface area contributed by atoms with E-state index in [-0.39, 0.29) is 0 Å². The van der Waals surface area contributed by atoms with Crippen LogP contribution in [0.1, 0.15) is 5.69 Å². The van der Waals surface area contributed by atoms with Crippen LogP contribution in [0.2, 0.25) is 0 Å². The van der Waals surface area contributed by atoms with Gasteiger partial charge in [0.2, 0.25) is 5.88 Å². The van der Waals surface area contributed by atoms with Gasteiger partial charge < -0.3 is 4.74 Å². The summed E-state index contributed by atoms with van der Waals surface area (Å²) >= 11 is 3.30. The number of nitrogens with zero attached hydrogens (tertiary/aromatic N) is 2. The van der Waals surface area contributed by atoms with Crippen molar-refractivity contribution < 1.29 is 4.74 Å². The molecule has 4 heteroatoms. The number of hydrogen-bond acceptors (Lipinski definition) is 3. The van der Waals surface area contributed by atoms with Gasteiger partial charge in [0.1, 0.15) is 4.60 Å². The van der Waals surface area contributed by atoms with Gasteiger partial charge in [0, 0.05) is 24.4 Å². The molecule has 82 valence electrons. The van der Waals surface area contributed by atoms with Crippen LogP contribution in [0.15, 0.2) is 47.2 Å². The molecule has 0 unspecified atom stereocenters. The minimum absolute atomic E-state index is 0.584. The largest absolute Gasteiger partial charge is 0.477 e. The highest BCUT2D eigenvalue weighted by molar-refractivity contribution is 9.10. The van der Waals surface area contributed by atoms with Crippen molar-refractivity contribution in [2.75, 3.05) is 6.61 Å². The second-order valence-corrected chi connectivity index (χ2v) is 4.03. The Kier molecular flexibility index (Phi) is 3.88. The summed E-state index contributed by atoms with van der Waals surface area (Å²) in [6.07, 6.45) is 2.57. The van der Waals surface area contributed by atoms with E-state index in [2.05, 4.69) is 25.9 Å². The van der Waals surface area contributed by atoms with E-state index in [4.69, 9.17) is 4.74 Å². The lowest BCUT2D eigenvalue weighted by Gasteiger charge is -2.04. The molecule has 0 aliphatic heterocycles. The SMILES string of the molecule is Brc1cccc(OCCc2ccccn2)n1. The summed E-state index contributed by atoms with van der Waals surface area (Å²) in [5.41, 5.74) is 1.03. The summed E-state index contributed by atoms with van der Waals surface area (Å²) in [4.78, 5) is 8.40. The number of halogens is 1. The molecular weight excluding hydrogens is 268 g/mol. The van der Waals surface area contributed by atoms with Crippen molar-refractivity contribution in [3.8, 4) is 5.88 Å². The lowest BCUT2D eigenvalue weighted by atomic mass is 10.3. The first kappa shape index (κ1) is 11.1. The van der Waals surface area contributed by atoms with Crippen LogP contribution in [0, 0.1) is 0 Å². The predicted octanol–water partition coefficient (Wildman–Crippen LogP) is 2.86. The number of rotatable bonds is 4. The molecule has 0 saturated heterocycles. The summed E-state index contributed by atoms with van der Waals surface area (Å²) in [7, 11) is 0. The summed E-state index contributed by atoms with van der Waals surface area (Å²) in [5, 5.41) is 0. The van der Waals surface area contributed by atoms with Crippen molar-refractivity contribution >= 4 is 15.9 Å². The van der Waals surface area contributed by atoms with Crippen LogP contribution in [-0.4, -0.2) is 16.6 Å². The average Bonchev–Trinajstić information content (AvgIpc) is 2.30.